The Kier molecular flexibility index (Phi) is 6.27. The molecular formula is C16H31NO3. The summed E-state index contributed by atoms with van der Waals surface area (Å²) in [6, 6.07) is 0. The van der Waals surface area contributed by atoms with E-state index in [2.05, 4.69) is 5.32 Å². The third kappa shape index (κ3) is 3.73. The highest BCUT2D eigenvalue weighted by Crippen LogP contribution is 2.37. The Balaban J connectivity index is 1.72. The van der Waals surface area contributed by atoms with Crippen molar-refractivity contribution in [3.63, 3.8) is 0 Å². The number of hydrogen-bond acceptors (Lipinski definition) is 4. The summed E-state index contributed by atoms with van der Waals surface area (Å²) in [5.74, 6) is 0.541. The Labute approximate surface area is 123 Å². The zero-order chi connectivity index (χ0) is 14.4. The van der Waals surface area contributed by atoms with E-state index < -0.39 is 0 Å². The van der Waals surface area contributed by atoms with Gasteiger partial charge in [0.1, 0.15) is 0 Å². The fraction of sp³-hybridized carbons (Fsp3) is 1.00. The minimum atomic E-state index is -0.0645. The number of ether oxygens (including phenoxy) is 2. The van der Waals surface area contributed by atoms with Crippen LogP contribution in [-0.4, -0.2) is 50.2 Å². The molecule has 0 amide bonds. The topological polar surface area (TPSA) is 50.7 Å². The van der Waals surface area contributed by atoms with Crippen molar-refractivity contribution in [2.45, 2.75) is 69.1 Å². The van der Waals surface area contributed by atoms with Crippen molar-refractivity contribution < 1.29 is 14.6 Å². The molecule has 20 heavy (non-hydrogen) atoms. The van der Waals surface area contributed by atoms with Gasteiger partial charge in [-0.05, 0) is 57.9 Å². The number of methoxy groups -OCH3 is 1. The molecule has 2 aliphatic carbocycles. The highest BCUT2D eigenvalue weighted by atomic mass is 16.5. The molecule has 0 saturated heterocycles. The first-order valence-electron chi connectivity index (χ1n) is 8.18. The number of aliphatic hydroxyl groups is 1. The van der Waals surface area contributed by atoms with Crippen molar-refractivity contribution in [1.29, 1.82) is 0 Å². The van der Waals surface area contributed by atoms with Crippen molar-refractivity contribution in [2.24, 2.45) is 5.92 Å². The van der Waals surface area contributed by atoms with Crippen LogP contribution in [0.15, 0.2) is 0 Å². The molecule has 0 bridgehead atoms. The lowest BCUT2D eigenvalue weighted by Crippen LogP contribution is -2.49. The predicted molar refractivity (Wildman–Crippen MR) is 79.8 cm³/mol. The molecule has 0 spiro atoms. The van der Waals surface area contributed by atoms with Crippen molar-refractivity contribution in [3.8, 4) is 0 Å². The molecule has 0 radical (unpaired) electrons. The summed E-state index contributed by atoms with van der Waals surface area (Å²) in [5.41, 5.74) is -0.0645. The zero-order valence-corrected chi connectivity index (χ0v) is 13.1. The van der Waals surface area contributed by atoms with E-state index in [4.69, 9.17) is 9.47 Å². The van der Waals surface area contributed by atoms with Crippen LogP contribution >= 0.6 is 0 Å². The second kappa shape index (κ2) is 7.74. The first kappa shape index (κ1) is 16.2. The second-order valence-electron chi connectivity index (χ2n) is 6.46. The Bertz CT molecular complexity index is 281. The summed E-state index contributed by atoms with van der Waals surface area (Å²) >= 11 is 0. The third-order valence-electron chi connectivity index (χ3n) is 5.47. The average molecular weight is 285 g/mol. The molecule has 0 aliphatic heterocycles. The van der Waals surface area contributed by atoms with Crippen LogP contribution in [0, 0.1) is 5.92 Å². The molecule has 0 aromatic carbocycles. The first-order valence-corrected chi connectivity index (χ1v) is 8.18. The van der Waals surface area contributed by atoms with Crippen molar-refractivity contribution in [1.82, 2.24) is 5.32 Å². The van der Waals surface area contributed by atoms with Gasteiger partial charge in [-0.25, -0.2) is 0 Å². The van der Waals surface area contributed by atoms with Gasteiger partial charge in [0, 0.05) is 19.3 Å². The molecule has 4 heteroatoms. The number of hydrogen-bond donors (Lipinski definition) is 2. The van der Waals surface area contributed by atoms with Crippen LogP contribution in [0.3, 0.4) is 0 Å². The van der Waals surface area contributed by atoms with E-state index in [9.17, 15) is 5.11 Å². The van der Waals surface area contributed by atoms with Crippen LogP contribution in [0.4, 0.5) is 0 Å². The zero-order valence-electron chi connectivity index (χ0n) is 13.1. The molecule has 2 saturated carbocycles. The normalized spacial score (nSPS) is 38.2. The Morgan fingerprint density at radius 2 is 2.00 bits per heavy atom. The van der Waals surface area contributed by atoms with Gasteiger partial charge in [0.2, 0.25) is 0 Å². The number of rotatable bonds is 7. The van der Waals surface area contributed by atoms with Gasteiger partial charge in [0.25, 0.3) is 0 Å². The van der Waals surface area contributed by atoms with Crippen LogP contribution in [-0.2, 0) is 9.47 Å². The van der Waals surface area contributed by atoms with Gasteiger partial charge in [0.15, 0.2) is 0 Å². The second-order valence-corrected chi connectivity index (χ2v) is 6.46. The number of aliphatic hydroxyl groups excluding tert-OH is 1. The highest BCUT2D eigenvalue weighted by Gasteiger charge is 2.40. The molecule has 118 valence electrons. The smallest absolute Gasteiger partial charge is 0.0615 e. The predicted octanol–water partition coefficient (Wildman–Crippen LogP) is 2.10. The molecule has 4 atom stereocenters. The van der Waals surface area contributed by atoms with Gasteiger partial charge in [-0.15, -0.1) is 0 Å². The van der Waals surface area contributed by atoms with Crippen molar-refractivity contribution in [2.75, 3.05) is 27.4 Å². The molecule has 4 unspecified atom stereocenters. The quantitative estimate of drug-likeness (QED) is 0.752. The van der Waals surface area contributed by atoms with E-state index in [-0.39, 0.29) is 12.1 Å². The monoisotopic (exact) mass is 285 g/mol. The SMILES string of the molecule is CNC1(CO)CCCC1CCOC1CCCC(OC)C1. The number of likely N-dealkylation sites (N-methyl/N-ethyl adjacent to an activating group) is 1. The van der Waals surface area contributed by atoms with E-state index in [1.54, 1.807) is 7.11 Å². The van der Waals surface area contributed by atoms with E-state index in [1.165, 1.54) is 32.1 Å². The fourth-order valence-electron chi connectivity index (χ4n) is 4.03. The van der Waals surface area contributed by atoms with Crippen molar-refractivity contribution >= 4 is 0 Å². The summed E-state index contributed by atoms with van der Waals surface area (Å²) in [5, 5.41) is 13.0. The lowest BCUT2D eigenvalue weighted by atomic mass is 9.85. The average Bonchev–Trinajstić information content (AvgIpc) is 2.91. The summed E-state index contributed by atoms with van der Waals surface area (Å²) in [4.78, 5) is 0. The molecule has 0 heterocycles. The lowest BCUT2D eigenvalue weighted by Gasteiger charge is -2.34. The van der Waals surface area contributed by atoms with E-state index in [0.717, 1.165) is 25.9 Å². The van der Waals surface area contributed by atoms with Crippen molar-refractivity contribution in [3.05, 3.63) is 0 Å². The van der Waals surface area contributed by atoms with E-state index in [1.807, 2.05) is 7.05 Å². The van der Waals surface area contributed by atoms with Gasteiger partial charge in [-0.2, -0.15) is 0 Å². The van der Waals surface area contributed by atoms with Crippen LogP contribution in [0.5, 0.6) is 0 Å². The van der Waals surface area contributed by atoms with Crippen LogP contribution < -0.4 is 5.32 Å². The van der Waals surface area contributed by atoms with Crippen LogP contribution in [0.1, 0.15) is 51.4 Å². The maximum atomic E-state index is 9.68. The minimum Gasteiger partial charge on any atom is -0.394 e. The molecule has 0 aromatic rings. The summed E-state index contributed by atoms with van der Waals surface area (Å²) in [6.45, 7) is 1.05. The maximum Gasteiger partial charge on any atom is 0.0615 e. The Morgan fingerprint density at radius 3 is 2.70 bits per heavy atom. The highest BCUT2D eigenvalue weighted by molar-refractivity contribution is 4.97. The van der Waals surface area contributed by atoms with Gasteiger partial charge >= 0.3 is 0 Å². The number of nitrogens with one attached hydrogen (secondary N) is 1. The molecule has 2 fully saturated rings. The van der Waals surface area contributed by atoms with Gasteiger partial charge in [0.05, 0.1) is 18.8 Å². The molecule has 2 N–H and O–H groups in total. The van der Waals surface area contributed by atoms with Crippen LogP contribution in [0.25, 0.3) is 0 Å². The summed E-state index contributed by atoms with van der Waals surface area (Å²) < 4.78 is 11.5. The molecule has 4 nitrogen and oxygen atoms in total. The van der Waals surface area contributed by atoms with E-state index >= 15 is 0 Å². The third-order valence-corrected chi connectivity index (χ3v) is 5.47. The maximum absolute atomic E-state index is 9.68. The molecule has 2 rings (SSSR count). The van der Waals surface area contributed by atoms with Gasteiger partial charge < -0.3 is 19.9 Å². The first-order chi connectivity index (χ1) is 9.74. The standard InChI is InChI=1S/C16H31NO3/c1-17-16(12-18)9-4-5-13(16)8-10-20-15-7-3-6-14(11-15)19-2/h13-15,17-18H,3-12H2,1-2H3. The molecule has 0 aromatic heterocycles. The Morgan fingerprint density at radius 1 is 1.20 bits per heavy atom. The molecular weight excluding hydrogens is 254 g/mol. The van der Waals surface area contributed by atoms with E-state index in [0.29, 0.717) is 18.1 Å². The lowest BCUT2D eigenvalue weighted by molar-refractivity contribution is -0.0355. The van der Waals surface area contributed by atoms with Gasteiger partial charge in [-0.3, -0.25) is 0 Å². The van der Waals surface area contributed by atoms with Gasteiger partial charge in [-0.1, -0.05) is 6.42 Å². The molecule has 2 aliphatic rings. The van der Waals surface area contributed by atoms with Crippen LogP contribution in [0.2, 0.25) is 0 Å². The fourth-order valence-corrected chi connectivity index (χ4v) is 4.03. The summed E-state index contributed by atoms with van der Waals surface area (Å²) in [6.07, 6.45) is 9.89. The minimum absolute atomic E-state index is 0.0645. The Hall–Kier alpha value is -0.160. The summed E-state index contributed by atoms with van der Waals surface area (Å²) in [7, 11) is 3.77. The largest absolute Gasteiger partial charge is 0.394 e.